The molecule has 0 saturated carbocycles. The van der Waals surface area contributed by atoms with E-state index in [4.69, 9.17) is 9.47 Å². The van der Waals surface area contributed by atoms with E-state index < -0.39 is 0 Å². The van der Waals surface area contributed by atoms with Crippen LogP contribution in [0.25, 0.3) is 0 Å². The molecule has 0 aromatic carbocycles. The highest BCUT2D eigenvalue weighted by atomic mass is 16.6. The molecule has 0 aliphatic carbocycles. The summed E-state index contributed by atoms with van der Waals surface area (Å²) < 4.78 is 11.3. The number of hydrogen-bond donors (Lipinski definition) is 0. The molecule has 12 heavy (non-hydrogen) atoms. The predicted molar refractivity (Wildman–Crippen MR) is 47.1 cm³/mol. The first-order chi connectivity index (χ1) is 5.59. The van der Waals surface area contributed by atoms with E-state index in [-0.39, 0.29) is 5.60 Å². The SMILES string of the molecule is C[C@@H]1CCO[C@H]([C@H]2OC2(C)C)C1. The zero-order chi connectivity index (χ0) is 8.77. The van der Waals surface area contributed by atoms with Crippen molar-refractivity contribution in [2.75, 3.05) is 6.61 Å². The first kappa shape index (κ1) is 8.52. The Morgan fingerprint density at radius 2 is 2.00 bits per heavy atom. The van der Waals surface area contributed by atoms with Gasteiger partial charge in [-0.2, -0.15) is 0 Å². The maximum Gasteiger partial charge on any atom is 0.113 e. The topological polar surface area (TPSA) is 21.8 Å². The van der Waals surface area contributed by atoms with Gasteiger partial charge in [-0.1, -0.05) is 6.92 Å². The lowest BCUT2D eigenvalue weighted by Gasteiger charge is -2.26. The third-order valence-corrected chi connectivity index (χ3v) is 2.97. The van der Waals surface area contributed by atoms with Crippen LogP contribution in [0.4, 0.5) is 0 Å². The molecule has 0 amide bonds. The van der Waals surface area contributed by atoms with Crippen LogP contribution in [-0.2, 0) is 9.47 Å². The van der Waals surface area contributed by atoms with Gasteiger partial charge < -0.3 is 9.47 Å². The first-order valence-corrected chi connectivity index (χ1v) is 4.89. The summed E-state index contributed by atoms with van der Waals surface area (Å²) in [4.78, 5) is 0. The van der Waals surface area contributed by atoms with E-state index in [1.54, 1.807) is 0 Å². The van der Waals surface area contributed by atoms with Crippen molar-refractivity contribution in [2.45, 2.75) is 51.4 Å². The fourth-order valence-electron chi connectivity index (χ4n) is 2.03. The van der Waals surface area contributed by atoms with E-state index >= 15 is 0 Å². The Hall–Kier alpha value is -0.0800. The monoisotopic (exact) mass is 170 g/mol. The predicted octanol–water partition coefficient (Wildman–Crippen LogP) is 1.98. The summed E-state index contributed by atoms with van der Waals surface area (Å²) in [6, 6.07) is 0. The van der Waals surface area contributed by atoms with Gasteiger partial charge >= 0.3 is 0 Å². The molecule has 2 fully saturated rings. The van der Waals surface area contributed by atoms with Crippen molar-refractivity contribution in [3.63, 3.8) is 0 Å². The van der Waals surface area contributed by atoms with E-state index in [9.17, 15) is 0 Å². The standard InChI is InChI=1S/C10H18O2/c1-7-4-5-11-8(6-7)9-10(2,3)12-9/h7-9H,4-6H2,1-3H3/t7-,8+,9-/m1/s1. The minimum Gasteiger partial charge on any atom is -0.375 e. The number of hydrogen-bond acceptors (Lipinski definition) is 2. The van der Waals surface area contributed by atoms with E-state index in [0.717, 1.165) is 12.5 Å². The maximum atomic E-state index is 5.68. The minimum atomic E-state index is 0.0850. The molecule has 2 heterocycles. The molecule has 0 radical (unpaired) electrons. The van der Waals surface area contributed by atoms with Gasteiger partial charge in [-0.3, -0.25) is 0 Å². The van der Waals surface area contributed by atoms with Crippen molar-refractivity contribution in [3.05, 3.63) is 0 Å². The van der Waals surface area contributed by atoms with Gasteiger partial charge in [-0.25, -0.2) is 0 Å². The highest BCUT2D eigenvalue weighted by Gasteiger charge is 2.53. The molecule has 2 aliphatic rings. The molecular weight excluding hydrogens is 152 g/mol. The number of rotatable bonds is 1. The van der Waals surface area contributed by atoms with Crippen molar-refractivity contribution in [1.29, 1.82) is 0 Å². The highest BCUT2D eigenvalue weighted by molar-refractivity contribution is 5.00. The summed E-state index contributed by atoms with van der Waals surface area (Å²) in [6.45, 7) is 7.49. The average Bonchev–Trinajstić information content (AvgIpc) is 2.60. The van der Waals surface area contributed by atoms with Gasteiger partial charge in [-0.15, -0.1) is 0 Å². The maximum absolute atomic E-state index is 5.68. The van der Waals surface area contributed by atoms with Gasteiger partial charge in [-0.05, 0) is 32.6 Å². The second-order valence-electron chi connectivity index (χ2n) is 4.68. The summed E-state index contributed by atoms with van der Waals surface area (Å²) in [5.74, 6) is 0.809. The molecule has 2 heteroatoms. The molecule has 0 spiro atoms. The first-order valence-electron chi connectivity index (χ1n) is 4.89. The highest BCUT2D eigenvalue weighted by Crippen LogP contribution is 2.42. The summed E-state index contributed by atoms with van der Waals surface area (Å²) in [5, 5.41) is 0. The van der Waals surface area contributed by atoms with Crippen molar-refractivity contribution in [3.8, 4) is 0 Å². The summed E-state index contributed by atoms with van der Waals surface area (Å²) in [5.41, 5.74) is 0.0850. The van der Waals surface area contributed by atoms with Gasteiger partial charge in [0.1, 0.15) is 6.10 Å². The average molecular weight is 170 g/mol. The van der Waals surface area contributed by atoms with Crippen LogP contribution in [0.1, 0.15) is 33.6 Å². The Bertz CT molecular complexity index is 177. The molecule has 2 saturated heterocycles. The molecular formula is C10H18O2. The molecule has 2 nitrogen and oxygen atoms in total. The Balaban J connectivity index is 1.89. The summed E-state index contributed by atoms with van der Waals surface area (Å²) >= 11 is 0. The third kappa shape index (κ3) is 1.50. The Morgan fingerprint density at radius 3 is 2.50 bits per heavy atom. The third-order valence-electron chi connectivity index (χ3n) is 2.97. The molecule has 2 rings (SSSR count). The fourth-order valence-corrected chi connectivity index (χ4v) is 2.03. The molecule has 0 unspecified atom stereocenters. The van der Waals surface area contributed by atoms with E-state index in [2.05, 4.69) is 20.8 Å². The second kappa shape index (κ2) is 2.71. The van der Waals surface area contributed by atoms with Crippen LogP contribution in [0.15, 0.2) is 0 Å². The van der Waals surface area contributed by atoms with Gasteiger partial charge in [0.15, 0.2) is 0 Å². The zero-order valence-corrected chi connectivity index (χ0v) is 8.17. The normalized spacial score (nSPS) is 45.8. The van der Waals surface area contributed by atoms with Crippen LogP contribution < -0.4 is 0 Å². The van der Waals surface area contributed by atoms with Gasteiger partial charge in [0.05, 0.1) is 11.7 Å². The molecule has 2 aliphatic heterocycles. The van der Waals surface area contributed by atoms with Crippen LogP contribution in [0.5, 0.6) is 0 Å². The van der Waals surface area contributed by atoms with E-state index in [1.165, 1.54) is 12.8 Å². The van der Waals surface area contributed by atoms with Crippen molar-refractivity contribution in [2.24, 2.45) is 5.92 Å². The lowest BCUT2D eigenvalue weighted by atomic mass is 9.93. The van der Waals surface area contributed by atoms with E-state index in [1.807, 2.05) is 0 Å². The Kier molecular flexibility index (Phi) is 1.92. The lowest BCUT2D eigenvalue weighted by molar-refractivity contribution is -0.0199. The number of epoxide rings is 1. The lowest BCUT2D eigenvalue weighted by Crippen LogP contribution is -2.31. The molecule has 70 valence electrons. The molecule has 0 N–H and O–H groups in total. The Labute approximate surface area is 74.2 Å². The number of ether oxygens (including phenoxy) is 2. The zero-order valence-electron chi connectivity index (χ0n) is 8.17. The fraction of sp³-hybridized carbons (Fsp3) is 1.00. The Morgan fingerprint density at radius 1 is 1.33 bits per heavy atom. The van der Waals surface area contributed by atoms with Crippen LogP contribution in [0.3, 0.4) is 0 Å². The summed E-state index contributed by atoms with van der Waals surface area (Å²) in [6.07, 6.45) is 3.11. The second-order valence-corrected chi connectivity index (χ2v) is 4.68. The molecule has 3 atom stereocenters. The van der Waals surface area contributed by atoms with Crippen molar-refractivity contribution in [1.82, 2.24) is 0 Å². The van der Waals surface area contributed by atoms with Crippen molar-refractivity contribution < 1.29 is 9.47 Å². The van der Waals surface area contributed by atoms with Crippen LogP contribution in [-0.4, -0.2) is 24.4 Å². The van der Waals surface area contributed by atoms with Crippen LogP contribution in [0.2, 0.25) is 0 Å². The molecule has 0 aromatic heterocycles. The molecule has 0 aromatic rings. The van der Waals surface area contributed by atoms with Crippen LogP contribution >= 0.6 is 0 Å². The van der Waals surface area contributed by atoms with Gasteiger partial charge in [0, 0.05) is 6.61 Å². The van der Waals surface area contributed by atoms with Gasteiger partial charge in [0.2, 0.25) is 0 Å². The quantitative estimate of drug-likeness (QED) is 0.561. The van der Waals surface area contributed by atoms with E-state index in [0.29, 0.717) is 12.2 Å². The summed E-state index contributed by atoms with van der Waals surface area (Å²) in [7, 11) is 0. The van der Waals surface area contributed by atoms with Crippen LogP contribution in [0, 0.1) is 5.92 Å². The molecule has 0 bridgehead atoms. The minimum absolute atomic E-state index is 0.0850. The largest absolute Gasteiger partial charge is 0.375 e. The smallest absolute Gasteiger partial charge is 0.113 e. The van der Waals surface area contributed by atoms with Crippen molar-refractivity contribution >= 4 is 0 Å². The van der Waals surface area contributed by atoms with Gasteiger partial charge in [0.25, 0.3) is 0 Å².